The van der Waals surface area contributed by atoms with Crippen molar-refractivity contribution in [3.63, 3.8) is 0 Å². The maximum atomic E-state index is 13.3. The van der Waals surface area contributed by atoms with Crippen LogP contribution in [0.25, 0.3) is 0 Å². The Morgan fingerprint density at radius 1 is 1.03 bits per heavy atom. The Morgan fingerprint density at radius 3 is 2.56 bits per heavy atom. The number of piperidine rings is 1. The van der Waals surface area contributed by atoms with E-state index in [4.69, 9.17) is 0 Å². The van der Waals surface area contributed by atoms with Gasteiger partial charge in [0.05, 0.1) is 11.7 Å². The van der Waals surface area contributed by atoms with Crippen molar-refractivity contribution in [1.82, 2.24) is 15.2 Å². The number of nitrogens with zero attached hydrogens (tertiary/aromatic N) is 2. The zero-order chi connectivity index (χ0) is 22.2. The number of aryl methyl sites for hydroxylation is 1. The third kappa shape index (κ3) is 6.24. The van der Waals surface area contributed by atoms with Gasteiger partial charge in [0.1, 0.15) is 5.82 Å². The molecule has 32 heavy (non-hydrogen) atoms. The Bertz CT molecular complexity index is 979. The maximum Gasteiger partial charge on any atom is 0.220 e. The van der Waals surface area contributed by atoms with Crippen molar-refractivity contribution in [2.75, 3.05) is 13.1 Å². The topological polar surface area (TPSA) is 45.2 Å². The van der Waals surface area contributed by atoms with Crippen molar-refractivity contribution in [1.29, 1.82) is 0 Å². The first-order valence-electron chi connectivity index (χ1n) is 11.4. The van der Waals surface area contributed by atoms with Crippen LogP contribution in [0.2, 0.25) is 0 Å². The summed E-state index contributed by atoms with van der Waals surface area (Å²) in [6.45, 7) is 2.66. The maximum absolute atomic E-state index is 13.3. The summed E-state index contributed by atoms with van der Waals surface area (Å²) in [4.78, 5) is 19.8. The Balaban J connectivity index is 1.42. The normalized spacial score (nSPS) is 17.6. The van der Waals surface area contributed by atoms with Crippen LogP contribution in [0.5, 0.6) is 0 Å². The minimum Gasteiger partial charge on any atom is -0.347 e. The lowest BCUT2D eigenvalue weighted by Gasteiger charge is -2.37. The number of rotatable bonds is 8. The first-order valence-corrected chi connectivity index (χ1v) is 11.4. The molecule has 0 radical (unpaired) electrons. The second-order valence-corrected chi connectivity index (χ2v) is 8.55. The second-order valence-electron chi connectivity index (χ2n) is 8.55. The molecule has 3 aromatic rings. The highest BCUT2D eigenvalue weighted by molar-refractivity contribution is 5.76. The molecule has 1 aliphatic heterocycles. The summed E-state index contributed by atoms with van der Waals surface area (Å²) in [7, 11) is 0. The van der Waals surface area contributed by atoms with Gasteiger partial charge in [-0.25, -0.2) is 4.39 Å². The molecule has 4 nitrogen and oxygen atoms in total. The number of carbonyl (C=O) groups excluding carboxylic acids is 1. The van der Waals surface area contributed by atoms with E-state index in [-0.39, 0.29) is 23.7 Å². The van der Waals surface area contributed by atoms with Gasteiger partial charge in [0.2, 0.25) is 5.91 Å². The molecule has 0 unspecified atom stereocenters. The molecule has 2 atom stereocenters. The largest absolute Gasteiger partial charge is 0.347 e. The minimum atomic E-state index is -0.210. The molecule has 1 saturated heterocycles. The Labute approximate surface area is 189 Å². The second kappa shape index (κ2) is 11.0. The Hall–Kier alpha value is -3.05. The van der Waals surface area contributed by atoms with Crippen molar-refractivity contribution in [3.8, 4) is 0 Å². The van der Waals surface area contributed by atoms with Gasteiger partial charge in [-0.15, -0.1) is 0 Å². The summed E-state index contributed by atoms with van der Waals surface area (Å²) in [5.41, 5.74) is 3.18. The molecular weight excluding hydrogens is 401 g/mol. The van der Waals surface area contributed by atoms with Gasteiger partial charge in [-0.2, -0.15) is 0 Å². The first-order chi connectivity index (χ1) is 15.7. The van der Waals surface area contributed by atoms with Crippen LogP contribution in [0, 0.1) is 11.7 Å². The van der Waals surface area contributed by atoms with Gasteiger partial charge in [0, 0.05) is 25.7 Å². The number of carbonyl (C=O) groups is 1. The van der Waals surface area contributed by atoms with E-state index in [9.17, 15) is 9.18 Å². The molecule has 1 aromatic heterocycles. The fourth-order valence-electron chi connectivity index (χ4n) is 4.50. The summed E-state index contributed by atoms with van der Waals surface area (Å²) < 4.78 is 13.3. The van der Waals surface area contributed by atoms with Crippen molar-refractivity contribution in [2.45, 2.75) is 38.3 Å². The fourth-order valence-corrected chi connectivity index (χ4v) is 4.50. The lowest BCUT2D eigenvalue weighted by molar-refractivity contribution is -0.122. The number of benzene rings is 2. The van der Waals surface area contributed by atoms with Crippen molar-refractivity contribution in [3.05, 3.63) is 102 Å². The van der Waals surface area contributed by atoms with Gasteiger partial charge in [-0.3, -0.25) is 14.7 Å². The number of aromatic nitrogens is 1. The van der Waals surface area contributed by atoms with Crippen LogP contribution < -0.4 is 5.32 Å². The molecule has 0 aliphatic carbocycles. The smallest absolute Gasteiger partial charge is 0.220 e. The first kappa shape index (κ1) is 22.2. The lowest BCUT2D eigenvalue weighted by Crippen LogP contribution is -2.43. The van der Waals surface area contributed by atoms with Crippen molar-refractivity contribution < 1.29 is 9.18 Å². The van der Waals surface area contributed by atoms with E-state index in [0.29, 0.717) is 6.42 Å². The van der Waals surface area contributed by atoms with E-state index in [0.717, 1.165) is 50.2 Å². The number of likely N-dealkylation sites (tertiary alicyclic amines) is 1. The zero-order valence-electron chi connectivity index (χ0n) is 18.3. The average molecular weight is 432 g/mol. The van der Waals surface area contributed by atoms with E-state index < -0.39 is 0 Å². The Kier molecular flexibility index (Phi) is 7.62. The van der Waals surface area contributed by atoms with Crippen LogP contribution in [-0.4, -0.2) is 28.9 Å². The molecule has 166 valence electrons. The average Bonchev–Trinajstić information content (AvgIpc) is 2.84. The molecule has 1 N–H and O–H groups in total. The number of hydrogen-bond donors (Lipinski definition) is 1. The number of pyridine rings is 1. The van der Waals surface area contributed by atoms with Crippen molar-refractivity contribution >= 4 is 5.91 Å². The van der Waals surface area contributed by atoms with Gasteiger partial charge in [-0.1, -0.05) is 48.5 Å². The predicted molar refractivity (Wildman–Crippen MR) is 124 cm³/mol. The molecule has 0 bridgehead atoms. The van der Waals surface area contributed by atoms with Gasteiger partial charge in [0.15, 0.2) is 0 Å². The number of nitrogens with one attached hydrogen (secondary N) is 1. The minimum absolute atomic E-state index is 0.0557. The third-order valence-electron chi connectivity index (χ3n) is 6.14. The standard InChI is InChI=1S/C27H30FN3O/c28-24-14-11-22(12-15-24)19-31-18-6-9-23(20-31)27(25-10-4-5-17-29-25)30-26(32)16-13-21-7-2-1-3-8-21/h1-5,7-8,10-12,14-15,17,23,27H,6,9,13,16,18-20H2,(H,30,32)/t23-,27+/m0/s1. The molecule has 5 heteroatoms. The molecular formula is C27H30FN3O. The molecule has 1 amide bonds. The SMILES string of the molecule is O=C(CCc1ccccc1)N[C@@H](c1ccccn1)[C@H]1CCCN(Cc2ccc(F)cc2)C1. The summed E-state index contributed by atoms with van der Waals surface area (Å²) in [5.74, 6) is 0.124. The van der Waals surface area contributed by atoms with Gasteiger partial charge < -0.3 is 5.32 Å². The Morgan fingerprint density at radius 2 is 1.81 bits per heavy atom. The summed E-state index contributed by atoms with van der Waals surface area (Å²) in [6.07, 6.45) is 5.08. The molecule has 2 heterocycles. The highest BCUT2D eigenvalue weighted by Crippen LogP contribution is 2.30. The molecule has 1 fully saturated rings. The number of halogens is 1. The van der Waals surface area contributed by atoms with E-state index >= 15 is 0 Å². The van der Waals surface area contributed by atoms with E-state index in [2.05, 4.69) is 27.3 Å². The molecule has 2 aromatic carbocycles. The highest BCUT2D eigenvalue weighted by atomic mass is 19.1. The van der Waals surface area contributed by atoms with E-state index in [1.807, 2.05) is 48.5 Å². The zero-order valence-corrected chi connectivity index (χ0v) is 18.3. The van der Waals surface area contributed by atoms with Crippen LogP contribution in [0.1, 0.15) is 42.1 Å². The van der Waals surface area contributed by atoms with Gasteiger partial charge >= 0.3 is 0 Å². The van der Waals surface area contributed by atoms with Crippen LogP contribution in [0.3, 0.4) is 0 Å². The van der Waals surface area contributed by atoms with Crippen LogP contribution in [-0.2, 0) is 17.8 Å². The van der Waals surface area contributed by atoms with Gasteiger partial charge in [0.25, 0.3) is 0 Å². The fraction of sp³-hybridized carbons (Fsp3) is 0.333. The molecule has 0 spiro atoms. The molecule has 4 rings (SSSR count). The summed E-state index contributed by atoms with van der Waals surface area (Å²) in [5, 5.41) is 3.29. The summed E-state index contributed by atoms with van der Waals surface area (Å²) >= 11 is 0. The third-order valence-corrected chi connectivity index (χ3v) is 6.14. The van der Waals surface area contributed by atoms with E-state index in [1.165, 1.54) is 17.7 Å². The summed E-state index contributed by atoms with van der Waals surface area (Å²) in [6, 6.07) is 22.6. The number of hydrogen-bond acceptors (Lipinski definition) is 3. The van der Waals surface area contributed by atoms with E-state index in [1.54, 1.807) is 6.20 Å². The molecule has 1 aliphatic rings. The monoisotopic (exact) mass is 431 g/mol. The quantitative estimate of drug-likeness (QED) is 0.550. The van der Waals surface area contributed by atoms with Gasteiger partial charge in [-0.05, 0) is 67.1 Å². The van der Waals surface area contributed by atoms with Crippen LogP contribution in [0.15, 0.2) is 79.0 Å². The lowest BCUT2D eigenvalue weighted by atomic mass is 9.88. The van der Waals surface area contributed by atoms with Crippen molar-refractivity contribution in [2.24, 2.45) is 5.92 Å². The highest BCUT2D eigenvalue weighted by Gasteiger charge is 2.30. The van der Waals surface area contributed by atoms with Crippen LogP contribution >= 0.6 is 0 Å². The van der Waals surface area contributed by atoms with Crippen LogP contribution in [0.4, 0.5) is 4.39 Å². The number of amides is 1. The predicted octanol–water partition coefficient (Wildman–Crippen LogP) is 4.92. The molecule has 0 saturated carbocycles.